The van der Waals surface area contributed by atoms with Gasteiger partial charge in [0.05, 0.1) is 18.1 Å². The van der Waals surface area contributed by atoms with Crippen LogP contribution in [0.2, 0.25) is 5.28 Å². The van der Waals surface area contributed by atoms with Gasteiger partial charge in [-0.2, -0.15) is 4.98 Å². The smallest absolute Gasteiger partial charge is 0.259 e. The van der Waals surface area contributed by atoms with E-state index in [2.05, 4.69) is 25.5 Å². The highest BCUT2D eigenvalue weighted by molar-refractivity contribution is 6.28. The van der Waals surface area contributed by atoms with Crippen molar-refractivity contribution in [3.63, 3.8) is 0 Å². The van der Waals surface area contributed by atoms with Crippen LogP contribution < -0.4 is 10.2 Å². The van der Waals surface area contributed by atoms with Crippen molar-refractivity contribution < 1.29 is 15.0 Å². The molecule has 0 saturated carbocycles. The second kappa shape index (κ2) is 9.78. The minimum atomic E-state index is -0.370. The van der Waals surface area contributed by atoms with Crippen molar-refractivity contribution >= 4 is 11.6 Å². The second-order valence-corrected chi connectivity index (χ2v) is 9.70. The van der Waals surface area contributed by atoms with Crippen LogP contribution in [-0.4, -0.2) is 86.3 Å². The number of hydroxylamine groups is 2. The fourth-order valence-electron chi connectivity index (χ4n) is 4.47. The molecule has 1 radical (unpaired) electrons. The normalized spacial score (nSPS) is 23.2. The largest absolute Gasteiger partial charge is 0.569 e. The number of hydrogen-bond acceptors (Lipinski definition) is 8. The van der Waals surface area contributed by atoms with Crippen LogP contribution in [0.1, 0.15) is 40.5 Å². The summed E-state index contributed by atoms with van der Waals surface area (Å²) in [5.74, 6) is 0.111. The molecule has 0 atom stereocenters. The molecule has 11 nitrogen and oxygen atoms in total. The van der Waals surface area contributed by atoms with Gasteiger partial charge in [-0.15, -0.1) is 15.3 Å². The van der Waals surface area contributed by atoms with E-state index in [0.717, 1.165) is 39.0 Å². The molecule has 3 heterocycles. The van der Waals surface area contributed by atoms with Gasteiger partial charge in [-0.3, -0.25) is 9.74 Å². The number of hydrazine groups is 1. The molecule has 1 aromatic rings. The van der Waals surface area contributed by atoms with Gasteiger partial charge in [-0.05, 0) is 52.1 Å². The van der Waals surface area contributed by atoms with E-state index in [0.29, 0.717) is 24.1 Å². The fourth-order valence-corrected chi connectivity index (χ4v) is 4.60. The van der Waals surface area contributed by atoms with Gasteiger partial charge in [0.2, 0.25) is 10.6 Å². The molecule has 2 fully saturated rings. The van der Waals surface area contributed by atoms with Crippen LogP contribution in [0.3, 0.4) is 0 Å². The highest BCUT2D eigenvalue weighted by atomic mass is 35.5. The standard InChI is InChI=1S/C19H32ClN8O3/c1-18(2)13-15(14-19(3,4)27(18)29)21-7-8-25-9-11-26(12-10-25)28(30)24-31-16-5-6-22-17(20)23-16/h5-6,15,21H,7-14H2,1-4H3/b28-24-. The third-order valence-electron chi connectivity index (χ3n) is 5.85. The number of nitrogens with zero attached hydrogens (tertiary/aromatic N) is 7. The summed E-state index contributed by atoms with van der Waals surface area (Å²) in [6, 6.07) is 1.79. The number of aromatic nitrogens is 2. The third kappa shape index (κ3) is 6.36. The van der Waals surface area contributed by atoms with E-state index in [4.69, 9.17) is 16.4 Å². The van der Waals surface area contributed by atoms with E-state index in [1.54, 1.807) is 5.01 Å². The molecule has 2 aliphatic rings. The number of piperidine rings is 1. The van der Waals surface area contributed by atoms with Gasteiger partial charge in [-0.1, -0.05) is 0 Å². The van der Waals surface area contributed by atoms with Crippen LogP contribution in [-0.2, 0) is 5.21 Å². The first-order chi connectivity index (χ1) is 14.6. The Morgan fingerprint density at radius 2 is 1.90 bits per heavy atom. The van der Waals surface area contributed by atoms with E-state index < -0.39 is 0 Å². The summed E-state index contributed by atoms with van der Waals surface area (Å²) in [5, 5.41) is 34.6. The third-order valence-corrected chi connectivity index (χ3v) is 6.03. The van der Waals surface area contributed by atoms with E-state index in [-0.39, 0.29) is 22.2 Å². The summed E-state index contributed by atoms with van der Waals surface area (Å²) in [6.07, 6.45) is 3.09. The average molecular weight is 456 g/mol. The summed E-state index contributed by atoms with van der Waals surface area (Å²) in [6.45, 7) is 12.4. The Morgan fingerprint density at radius 1 is 1.26 bits per heavy atom. The first-order valence-corrected chi connectivity index (χ1v) is 11.0. The second-order valence-electron chi connectivity index (χ2n) is 9.36. The van der Waals surface area contributed by atoms with E-state index in [1.165, 1.54) is 17.3 Å². The molecule has 12 heteroatoms. The molecule has 1 N–H and O–H groups in total. The first kappa shape index (κ1) is 23.9. The molecule has 3 rings (SSSR count). The van der Waals surface area contributed by atoms with Gasteiger partial charge in [0.15, 0.2) is 0 Å². The zero-order chi connectivity index (χ0) is 22.6. The molecule has 0 unspecified atom stereocenters. The quantitative estimate of drug-likeness (QED) is 0.287. The van der Waals surface area contributed by atoms with Gasteiger partial charge < -0.3 is 10.5 Å². The Hall–Kier alpha value is -1.79. The molecule has 0 spiro atoms. The lowest BCUT2D eigenvalue weighted by Gasteiger charge is -2.50. The van der Waals surface area contributed by atoms with Crippen molar-refractivity contribution in [3.8, 4) is 5.88 Å². The van der Waals surface area contributed by atoms with Crippen LogP contribution in [0.4, 0.5) is 0 Å². The van der Waals surface area contributed by atoms with Gasteiger partial charge in [-0.25, -0.2) is 4.98 Å². The maximum absolute atomic E-state index is 12.5. The zero-order valence-electron chi connectivity index (χ0n) is 18.6. The Bertz CT molecular complexity index is 752. The minimum Gasteiger partial charge on any atom is -0.569 e. The lowest BCUT2D eigenvalue weighted by Crippen LogP contribution is -2.62. The van der Waals surface area contributed by atoms with Gasteiger partial charge in [0.25, 0.3) is 5.88 Å². The zero-order valence-corrected chi connectivity index (χ0v) is 19.4. The van der Waals surface area contributed by atoms with Crippen molar-refractivity contribution in [2.24, 2.45) is 5.28 Å². The van der Waals surface area contributed by atoms with Gasteiger partial charge >= 0.3 is 0 Å². The van der Waals surface area contributed by atoms with Crippen molar-refractivity contribution in [1.82, 2.24) is 30.3 Å². The van der Waals surface area contributed by atoms with E-state index in [9.17, 15) is 10.4 Å². The summed E-state index contributed by atoms with van der Waals surface area (Å²) < 4.78 is 0. The predicted octanol–water partition coefficient (Wildman–Crippen LogP) is 1.88. The molecule has 31 heavy (non-hydrogen) atoms. The highest BCUT2D eigenvalue weighted by Gasteiger charge is 2.45. The molecular weight excluding hydrogens is 424 g/mol. The lowest BCUT2D eigenvalue weighted by molar-refractivity contribution is -0.709. The van der Waals surface area contributed by atoms with E-state index >= 15 is 0 Å². The first-order valence-electron chi connectivity index (χ1n) is 10.6. The topological polar surface area (TPSA) is 115 Å². The summed E-state index contributed by atoms with van der Waals surface area (Å²) >= 11 is 5.68. The van der Waals surface area contributed by atoms with Crippen LogP contribution in [0.5, 0.6) is 5.88 Å². The average Bonchev–Trinajstić information content (AvgIpc) is 2.70. The monoisotopic (exact) mass is 455 g/mol. The Kier molecular flexibility index (Phi) is 7.53. The van der Waals surface area contributed by atoms with Gasteiger partial charge in [0.1, 0.15) is 0 Å². The van der Waals surface area contributed by atoms with Crippen molar-refractivity contribution in [2.45, 2.75) is 57.7 Å². The van der Waals surface area contributed by atoms with Crippen LogP contribution in [0.25, 0.3) is 0 Å². The molecule has 1 aromatic heterocycles. The summed E-state index contributed by atoms with van der Waals surface area (Å²) in [4.78, 5) is 15.3. The molecule has 0 aliphatic carbocycles. The molecule has 0 aromatic carbocycles. The van der Waals surface area contributed by atoms with Crippen molar-refractivity contribution in [1.29, 1.82) is 0 Å². The van der Waals surface area contributed by atoms with Crippen LogP contribution in [0, 0.1) is 5.21 Å². The number of rotatable bonds is 7. The molecule has 0 amide bonds. The summed E-state index contributed by atoms with van der Waals surface area (Å²) in [7, 11) is 0. The predicted molar refractivity (Wildman–Crippen MR) is 113 cm³/mol. The number of nitrogens with one attached hydrogen (secondary N) is 1. The Labute approximate surface area is 188 Å². The Balaban J connectivity index is 1.39. The highest BCUT2D eigenvalue weighted by Crippen LogP contribution is 2.36. The van der Waals surface area contributed by atoms with Crippen LogP contribution in [0.15, 0.2) is 17.5 Å². The van der Waals surface area contributed by atoms with Crippen LogP contribution >= 0.6 is 11.6 Å². The maximum Gasteiger partial charge on any atom is 0.259 e. The lowest BCUT2D eigenvalue weighted by atomic mass is 9.79. The maximum atomic E-state index is 12.5. The summed E-state index contributed by atoms with van der Waals surface area (Å²) in [5.41, 5.74) is -0.739. The number of piperazine rings is 1. The van der Waals surface area contributed by atoms with Gasteiger partial charge in [0, 0.05) is 55.6 Å². The molecule has 2 aliphatic heterocycles. The molecule has 173 valence electrons. The molecule has 2 saturated heterocycles. The van der Waals surface area contributed by atoms with E-state index in [1.807, 2.05) is 27.7 Å². The SMILES string of the molecule is CC1(C)CC(NCCN2CCN(/[N+]([O-])=N/Oc3ccnc(Cl)n3)CC2)CC(C)(C)N1[O]. The number of halogens is 1. The number of hydrogen-bond donors (Lipinski definition) is 1. The molecule has 0 bridgehead atoms. The van der Waals surface area contributed by atoms with Crippen molar-refractivity contribution in [2.75, 3.05) is 39.3 Å². The molecular formula is C19H32ClN8O3. The van der Waals surface area contributed by atoms with Crippen molar-refractivity contribution in [3.05, 3.63) is 22.8 Å². The minimum absolute atomic E-state index is 0.0260. The Morgan fingerprint density at radius 3 is 2.52 bits per heavy atom. The fraction of sp³-hybridized carbons (Fsp3) is 0.789.